The number of rotatable bonds is 4. The van der Waals surface area contributed by atoms with Crippen LogP contribution in [-0.4, -0.2) is 23.1 Å². The van der Waals surface area contributed by atoms with Crippen LogP contribution in [-0.2, 0) is 0 Å². The molecule has 3 aliphatic carbocycles. The first kappa shape index (κ1) is 14.3. The molecule has 3 saturated carbocycles. The molecule has 0 heterocycles. The van der Waals surface area contributed by atoms with Crippen LogP contribution in [0.5, 0.6) is 0 Å². The Morgan fingerprint density at radius 2 is 1.95 bits per heavy atom. The van der Waals surface area contributed by atoms with Gasteiger partial charge in [0.05, 0.1) is 0 Å². The van der Waals surface area contributed by atoms with Gasteiger partial charge in [0.1, 0.15) is 0 Å². The highest BCUT2D eigenvalue weighted by Gasteiger charge is 2.59. The van der Waals surface area contributed by atoms with Crippen molar-refractivity contribution < 1.29 is 0 Å². The van der Waals surface area contributed by atoms with E-state index < -0.39 is 0 Å². The molecule has 2 bridgehead atoms. The summed E-state index contributed by atoms with van der Waals surface area (Å²) in [5, 5.41) is 5.03. The Kier molecular flexibility index (Phi) is 3.71. The fourth-order valence-electron chi connectivity index (χ4n) is 5.46. The van der Waals surface area contributed by atoms with Gasteiger partial charge in [-0.25, -0.2) is 0 Å². The van der Waals surface area contributed by atoms with Crippen LogP contribution in [0.3, 0.4) is 0 Å². The van der Waals surface area contributed by atoms with Crippen molar-refractivity contribution in [1.82, 2.24) is 5.32 Å². The predicted molar refractivity (Wildman–Crippen MR) is 85.7 cm³/mol. The van der Waals surface area contributed by atoms with Gasteiger partial charge >= 0.3 is 0 Å². The smallest absolute Gasteiger partial charge is 0.0201 e. The highest BCUT2D eigenvalue weighted by Crippen LogP contribution is 2.62. The maximum absolute atomic E-state index is 4.15. The molecule has 3 fully saturated rings. The highest BCUT2D eigenvalue weighted by molar-refractivity contribution is 7.99. The molecular weight excluding hydrogens is 250 g/mol. The molecule has 0 saturated heterocycles. The van der Waals surface area contributed by atoms with Gasteiger partial charge < -0.3 is 5.32 Å². The van der Waals surface area contributed by atoms with E-state index in [9.17, 15) is 0 Å². The van der Waals surface area contributed by atoms with Crippen LogP contribution in [0.4, 0.5) is 0 Å². The molecule has 0 aromatic carbocycles. The summed E-state index contributed by atoms with van der Waals surface area (Å²) in [6, 6.07) is 1.53. The molecule has 110 valence electrons. The molecule has 5 atom stereocenters. The second-order valence-electron chi connectivity index (χ2n) is 8.05. The van der Waals surface area contributed by atoms with Crippen molar-refractivity contribution in [2.75, 3.05) is 5.75 Å². The molecule has 1 N–H and O–H groups in total. The van der Waals surface area contributed by atoms with Crippen molar-refractivity contribution in [3.05, 3.63) is 0 Å². The van der Waals surface area contributed by atoms with Crippen LogP contribution < -0.4 is 5.32 Å². The lowest BCUT2D eigenvalue weighted by atomic mass is 9.68. The number of hydrogen-bond acceptors (Lipinski definition) is 2. The van der Waals surface area contributed by atoms with Crippen molar-refractivity contribution in [2.45, 2.75) is 83.6 Å². The topological polar surface area (TPSA) is 12.0 Å². The Labute approximate surface area is 123 Å². The monoisotopic (exact) mass is 281 g/mol. The Balaban J connectivity index is 1.72. The summed E-state index contributed by atoms with van der Waals surface area (Å²) in [5.41, 5.74) is 1.09. The quantitative estimate of drug-likeness (QED) is 0.816. The van der Waals surface area contributed by atoms with E-state index >= 15 is 0 Å². The summed E-state index contributed by atoms with van der Waals surface area (Å²) in [4.78, 5) is 0. The summed E-state index contributed by atoms with van der Waals surface area (Å²) in [6.07, 6.45) is 8.67. The number of nitrogens with one attached hydrogen (secondary N) is 1. The maximum atomic E-state index is 4.15. The van der Waals surface area contributed by atoms with Crippen LogP contribution in [0, 0.1) is 16.7 Å². The maximum Gasteiger partial charge on any atom is 0.0201 e. The van der Waals surface area contributed by atoms with Gasteiger partial charge in [-0.1, -0.05) is 34.1 Å². The van der Waals surface area contributed by atoms with Crippen LogP contribution in [0.25, 0.3) is 0 Å². The number of hydrogen-bond donors (Lipinski definition) is 1. The van der Waals surface area contributed by atoms with E-state index in [1.54, 1.807) is 0 Å². The summed E-state index contributed by atoms with van der Waals surface area (Å²) in [7, 11) is 0. The molecule has 0 spiro atoms. The first-order chi connectivity index (χ1) is 8.97. The lowest BCUT2D eigenvalue weighted by Gasteiger charge is -2.45. The highest BCUT2D eigenvalue weighted by atomic mass is 32.2. The Morgan fingerprint density at radius 3 is 2.58 bits per heavy atom. The van der Waals surface area contributed by atoms with Gasteiger partial charge in [-0.15, -0.1) is 0 Å². The molecule has 2 heteroatoms. The van der Waals surface area contributed by atoms with Crippen LogP contribution >= 0.6 is 11.8 Å². The number of thioether (sulfide) groups is 1. The molecule has 0 aromatic rings. The van der Waals surface area contributed by atoms with E-state index in [4.69, 9.17) is 0 Å². The van der Waals surface area contributed by atoms with E-state index in [2.05, 4.69) is 44.8 Å². The lowest BCUT2D eigenvalue weighted by Crippen LogP contribution is -2.55. The van der Waals surface area contributed by atoms with Gasteiger partial charge in [-0.2, -0.15) is 11.8 Å². The number of fused-ring (bicyclic) bond motifs is 2. The standard InChI is InChI=1S/C17H31NS/c1-5-19-14-8-6-7-13(14)18-15-16(2,3)12-9-10-17(15,4)11-12/h12-15,18H,5-11H2,1-4H3. The average molecular weight is 282 g/mol. The zero-order valence-electron chi connectivity index (χ0n) is 13.2. The van der Waals surface area contributed by atoms with E-state index in [0.717, 1.165) is 23.3 Å². The summed E-state index contributed by atoms with van der Waals surface area (Å²) in [5.74, 6) is 2.24. The third-order valence-corrected chi connectivity index (χ3v) is 7.81. The zero-order valence-corrected chi connectivity index (χ0v) is 14.0. The molecule has 19 heavy (non-hydrogen) atoms. The van der Waals surface area contributed by atoms with Crippen LogP contribution in [0.15, 0.2) is 0 Å². The predicted octanol–water partition coefficient (Wildman–Crippen LogP) is 4.47. The Hall–Kier alpha value is 0.310. The first-order valence-corrected chi connectivity index (χ1v) is 9.40. The lowest BCUT2D eigenvalue weighted by molar-refractivity contribution is 0.0994. The van der Waals surface area contributed by atoms with Crippen LogP contribution in [0.2, 0.25) is 0 Å². The van der Waals surface area contributed by atoms with Gasteiger partial charge in [-0.05, 0) is 54.6 Å². The second-order valence-corrected chi connectivity index (χ2v) is 9.56. The Bertz CT molecular complexity index is 335. The SMILES string of the molecule is CCSC1CCCC1NC1C2(C)CCC(C2)C1(C)C. The van der Waals surface area contributed by atoms with E-state index in [1.807, 2.05) is 0 Å². The van der Waals surface area contributed by atoms with Crippen molar-refractivity contribution in [3.8, 4) is 0 Å². The molecular formula is C17H31NS. The minimum atomic E-state index is 0.511. The normalized spacial score (nSPS) is 48.0. The van der Waals surface area contributed by atoms with E-state index in [0.29, 0.717) is 10.8 Å². The first-order valence-electron chi connectivity index (χ1n) is 8.35. The molecule has 0 aliphatic heterocycles. The molecule has 0 amide bonds. The van der Waals surface area contributed by atoms with Gasteiger partial charge in [-0.3, -0.25) is 0 Å². The van der Waals surface area contributed by atoms with Gasteiger partial charge in [0, 0.05) is 17.3 Å². The van der Waals surface area contributed by atoms with Crippen molar-refractivity contribution in [3.63, 3.8) is 0 Å². The fourth-order valence-corrected chi connectivity index (χ4v) is 6.67. The average Bonchev–Trinajstić information content (AvgIpc) is 2.97. The summed E-state index contributed by atoms with van der Waals surface area (Å²) in [6.45, 7) is 9.91. The summed E-state index contributed by atoms with van der Waals surface area (Å²) < 4.78 is 0. The third-order valence-electron chi connectivity index (χ3n) is 6.48. The minimum Gasteiger partial charge on any atom is -0.309 e. The van der Waals surface area contributed by atoms with E-state index in [1.165, 1.54) is 44.3 Å². The summed E-state index contributed by atoms with van der Waals surface area (Å²) >= 11 is 2.19. The van der Waals surface area contributed by atoms with Crippen molar-refractivity contribution in [2.24, 2.45) is 16.7 Å². The fraction of sp³-hybridized carbons (Fsp3) is 1.00. The minimum absolute atomic E-state index is 0.511. The van der Waals surface area contributed by atoms with Crippen molar-refractivity contribution in [1.29, 1.82) is 0 Å². The molecule has 1 nitrogen and oxygen atoms in total. The third kappa shape index (κ3) is 2.27. The second kappa shape index (κ2) is 4.94. The Morgan fingerprint density at radius 1 is 1.16 bits per heavy atom. The molecule has 3 rings (SSSR count). The molecule has 0 radical (unpaired) electrons. The largest absolute Gasteiger partial charge is 0.309 e. The zero-order chi connectivity index (χ0) is 13.7. The van der Waals surface area contributed by atoms with Crippen molar-refractivity contribution >= 4 is 11.8 Å². The molecule has 5 unspecified atom stereocenters. The van der Waals surface area contributed by atoms with Gasteiger partial charge in [0.2, 0.25) is 0 Å². The van der Waals surface area contributed by atoms with Gasteiger partial charge in [0.25, 0.3) is 0 Å². The van der Waals surface area contributed by atoms with Gasteiger partial charge in [0.15, 0.2) is 0 Å². The van der Waals surface area contributed by atoms with Crippen LogP contribution in [0.1, 0.15) is 66.2 Å². The molecule has 0 aromatic heterocycles. The van der Waals surface area contributed by atoms with E-state index in [-0.39, 0.29) is 0 Å². The molecule has 3 aliphatic rings.